The first-order valence-corrected chi connectivity index (χ1v) is 20.4. The lowest BCUT2D eigenvalue weighted by Gasteiger charge is -2.42. The third-order valence-corrected chi connectivity index (χ3v) is 11.7. The number of carbonyl (C=O) groups excluding carboxylic acids is 1. The first kappa shape index (κ1) is 40.7. The molecule has 5 atom stereocenters. The molecule has 5 unspecified atom stereocenters. The van der Waals surface area contributed by atoms with E-state index >= 15 is 0 Å². The van der Waals surface area contributed by atoms with E-state index in [1.165, 1.54) is 0 Å². The summed E-state index contributed by atoms with van der Waals surface area (Å²) in [6.07, 6.45) is 1.10. The smallest absolute Gasteiger partial charge is 0.241 e. The van der Waals surface area contributed by atoms with E-state index < -0.39 is 28.3 Å². The second-order valence-corrected chi connectivity index (χ2v) is 16.3. The van der Waals surface area contributed by atoms with Gasteiger partial charge >= 0.3 is 0 Å². The number of aliphatic hydroxyl groups is 1. The molecule has 3 N–H and O–H groups in total. The monoisotopic (exact) mass is 773 g/mol. The van der Waals surface area contributed by atoms with Crippen LogP contribution in [0.4, 0.5) is 0 Å². The van der Waals surface area contributed by atoms with Gasteiger partial charge < -0.3 is 24.8 Å². The van der Waals surface area contributed by atoms with Crippen molar-refractivity contribution in [3.8, 4) is 11.1 Å². The molecule has 1 fully saturated rings. The molecule has 0 saturated carbocycles. The minimum atomic E-state index is -3.97. The number of nitrogens with one attached hydrogen (secondary N) is 2. The fraction of sp³-hybridized carbons (Fsp3) is 0.283. The van der Waals surface area contributed by atoms with Crippen LogP contribution in [0.1, 0.15) is 52.7 Å². The van der Waals surface area contributed by atoms with Gasteiger partial charge in [-0.25, -0.2) is 8.42 Å². The van der Waals surface area contributed by atoms with Crippen molar-refractivity contribution >= 4 is 15.9 Å². The number of hydrogen-bond acceptors (Lipinski definition) is 7. The lowest BCUT2D eigenvalue weighted by atomic mass is 9.90. The van der Waals surface area contributed by atoms with E-state index in [2.05, 4.69) is 41.6 Å². The minimum absolute atomic E-state index is 0.0206. The largest absolute Gasteiger partial charge is 0.392 e. The highest BCUT2D eigenvalue weighted by atomic mass is 32.2. The molecule has 56 heavy (non-hydrogen) atoms. The highest BCUT2D eigenvalue weighted by Gasteiger charge is 2.39. The maximum atomic E-state index is 13.7. The molecule has 1 aliphatic rings. The van der Waals surface area contributed by atoms with Gasteiger partial charge in [-0.1, -0.05) is 122 Å². The van der Waals surface area contributed by atoms with Gasteiger partial charge in [-0.2, -0.15) is 4.72 Å². The summed E-state index contributed by atoms with van der Waals surface area (Å²) < 4.78 is 42.8. The van der Waals surface area contributed by atoms with Crippen LogP contribution in [0, 0.1) is 12.8 Å². The molecular weight excluding hydrogens is 723 g/mol. The SMILES string of the molecule is C=CCN(C)CC1OC(c2cccc(-c3cccc(CNC(=O)C(Cc4ccccc4)NS(=O)(=O)c4ccc(C)cc4)c3)c2)OC(c2ccc(CO)cc2)C1C. The number of aliphatic hydroxyl groups excluding tert-OH is 1. The van der Waals surface area contributed by atoms with Gasteiger partial charge in [0.25, 0.3) is 0 Å². The van der Waals surface area contributed by atoms with Gasteiger partial charge in [-0.15, -0.1) is 6.58 Å². The molecule has 1 saturated heterocycles. The molecule has 0 aromatic heterocycles. The second-order valence-electron chi connectivity index (χ2n) is 14.6. The van der Waals surface area contributed by atoms with Crippen molar-refractivity contribution in [1.29, 1.82) is 0 Å². The molecule has 0 bridgehead atoms. The maximum absolute atomic E-state index is 13.7. The number of likely N-dealkylation sites (N-methyl/N-ethyl adjacent to an activating group) is 1. The topological polar surface area (TPSA) is 117 Å². The molecule has 0 radical (unpaired) electrons. The first-order valence-electron chi connectivity index (χ1n) is 18.9. The Morgan fingerprint density at radius 1 is 0.839 bits per heavy atom. The zero-order valence-corrected chi connectivity index (χ0v) is 33.0. The predicted octanol–water partition coefficient (Wildman–Crippen LogP) is 7.27. The van der Waals surface area contributed by atoms with E-state index in [4.69, 9.17) is 9.47 Å². The summed E-state index contributed by atoms with van der Waals surface area (Å²) in [5.41, 5.74) is 7.29. The Labute approximate surface area is 331 Å². The fourth-order valence-corrected chi connectivity index (χ4v) is 8.17. The van der Waals surface area contributed by atoms with Crippen LogP contribution in [-0.2, 0) is 43.9 Å². The van der Waals surface area contributed by atoms with E-state index in [0.29, 0.717) is 6.54 Å². The van der Waals surface area contributed by atoms with Crippen LogP contribution in [0.25, 0.3) is 11.1 Å². The summed E-state index contributed by atoms with van der Waals surface area (Å²) in [4.78, 5) is 16.0. The molecular formula is C46H51N3O6S. The molecule has 1 heterocycles. The van der Waals surface area contributed by atoms with Crippen LogP contribution in [0.15, 0.2) is 145 Å². The number of sulfonamides is 1. The van der Waals surface area contributed by atoms with Crippen LogP contribution in [0.3, 0.4) is 0 Å². The second kappa shape index (κ2) is 18.8. The Kier molecular flexibility index (Phi) is 13.7. The fourth-order valence-electron chi connectivity index (χ4n) is 6.98. The Morgan fingerprint density at radius 3 is 2.21 bits per heavy atom. The number of benzene rings is 5. The van der Waals surface area contributed by atoms with Crippen molar-refractivity contribution in [2.75, 3.05) is 20.1 Å². The summed E-state index contributed by atoms with van der Waals surface area (Å²) in [5, 5.41) is 12.6. The number of hydrogen-bond donors (Lipinski definition) is 3. The van der Waals surface area contributed by atoms with Gasteiger partial charge in [-0.3, -0.25) is 4.79 Å². The number of amides is 1. The van der Waals surface area contributed by atoms with Crippen LogP contribution >= 0.6 is 0 Å². The van der Waals surface area contributed by atoms with Crippen molar-refractivity contribution in [2.45, 2.75) is 62.9 Å². The van der Waals surface area contributed by atoms with E-state index in [1.807, 2.05) is 110 Å². The summed E-state index contributed by atoms with van der Waals surface area (Å²) in [6.45, 7) is 9.55. The lowest BCUT2D eigenvalue weighted by Crippen LogP contribution is -2.47. The zero-order valence-electron chi connectivity index (χ0n) is 32.2. The average molecular weight is 774 g/mol. The molecule has 5 aromatic rings. The number of carbonyl (C=O) groups is 1. The minimum Gasteiger partial charge on any atom is -0.392 e. The highest BCUT2D eigenvalue weighted by Crippen LogP contribution is 2.42. The summed E-state index contributed by atoms with van der Waals surface area (Å²) >= 11 is 0. The maximum Gasteiger partial charge on any atom is 0.241 e. The number of ether oxygens (including phenoxy) is 2. The van der Waals surface area contributed by atoms with Gasteiger partial charge in [0, 0.05) is 31.1 Å². The summed E-state index contributed by atoms with van der Waals surface area (Å²) in [5.74, 6) is -0.370. The van der Waals surface area contributed by atoms with Crippen molar-refractivity contribution < 1.29 is 27.8 Å². The summed E-state index contributed by atoms with van der Waals surface area (Å²) in [6, 6.07) is 38.8. The number of aryl methyl sites for hydroxylation is 1. The van der Waals surface area contributed by atoms with E-state index in [1.54, 1.807) is 24.3 Å². The van der Waals surface area contributed by atoms with Gasteiger partial charge in [0.2, 0.25) is 15.9 Å². The van der Waals surface area contributed by atoms with Gasteiger partial charge in [0.05, 0.1) is 23.7 Å². The quantitative estimate of drug-likeness (QED) is 0.0904. The van der Waals surface area contributed by atoms with Crippen molar-refractivity contribution in [1.82, 2.24) is 14.9 Å². The standard InChI is InChI=1S/C46H51N3O6S/c1-5-25-49(4)30-43-33(3)44(37-21-19-35(31-50)20-22-37)55-46(54-43)40-16-10-15-39(28-40)38-14-9-13-36(26-38)29-47-45(51)42(27-34-11-7-6-8-12-34)48-56(52,53)41-23-17-32(2)18-24-41/h5-24,26,28,33,42-44,46,48,50H,1,25,27,29-31H2,2-4H3,(H,47,51). The molecule has 6 rings (SSSR count). The highest BCUT2D eigenvalue weighted by molar-refractivity contribution is 7.89. The van der Waals surface area contributed by atoms with E-state index in [-0.39, 0.29) is 42.6 Å². The Morgan fingerprint density at radius 2 is 1.52 bits per heavy atom. The molecule has 0 spiro atoms. The summed E-state index contributed by atoms with van der Waals surface area (Å²) in [7, 11) is -1.91. The van der Waals surface area contributed by atoms with Crippen LogP contribution < -0.4 is 10.0 Å². The van der Waals surface area contributed by atoms with Gasteiger partial charge in [-0.05, 0) is 78.0 Å². The number of rotatable bonds is 16. The molecule has 5 aromatic carbocycles. The average Bonchev–Trinajstić information content (AvgIpc) is 3.21. The Hall–Kier alpha value is -4.94. The third kappa shape index (κ3) is 10.5. The van der Waals surface area contributed by atoms with Gasteiger partial charge in [0.15, 0.2) is 6.29 Å². The Balaban J connectivity index is 1.19. The van der Waals surface area contributed by atoms with Gasteiger partial charge in [0.1, 0.15) is 6.04 Å². The van der Waals surface area contributed by atoms with Crippen molar-refractivity contribution in [3.05, 3.63) is 173 Å². The lowest BCUT2D eigenvalue weighted by molar-refractivity contribution is -0.275. The van der Waals surface area contributed by atoms with Crippen molar-refractivity contribution in [2.24, 2.45) is 5.92 Å². The zero-order chi connectivity index (χ0) is 39.7. The number of nitrogens with zero attached hydrogens (tertiary/aromatic N) is 1. The predicted molar refractivity (Wildman–Crippen MR) is 220 cm³/mol. The van der Waals surface area contributed by atoms with Crippen LogP contribution in [-0.4, -0.2) is 56.6 Å². The molecule has 1 aliphatic heterocycles. The molecule has 292 valence electrons. The van der Waals surface area contributed by atoms with E-state index in [9.17, 15) is 18.3 Å². The van der Waals surface area contributed by atoms with Crippen molar-refractivity contribution in [3.63, 3.8) is 0 Å². The van der Waals surface area contributed by atoms with Crippen LogP contribution in [0.2, 0.25) is 0 Å². The molecule has 1 amide bonds. The Bertz CT molecular complexity index is 2180. The molecule has 10 heteroatoms. The van der Waals surface area contributed by atoms with Crippen LogP contribution in [0.5, 0.6) is 0 Å². The van der Waals surface area contributed by atoms with E-state index in [0.717, 1.165) is 51.1 Å². The normalized spacial score (nSPS) is 19.0. The first-order chi connectivity index (χ1) is 27.0. The molecule has 0 aliphatic carbocycles. The third-order valence-electron chi connectivity index (χ3n) is 10.2. The molecule has 9 nitrogen and oxygen atoms in total.